The van der Waals surface area contributed by atoms with Crippen molar-refractivity contribution in [2.75, 3.05) is 6.54 Å². The first-order valence-corrected chi connectivity index (χ1v) is 12.9. The number of nitrogens with two attached hydrogens (primary N) is 2. The number of unbranched alkanes of at least 4 members (excludes halogenated alkanes) is 1. The molecule has 0 heterocycles. The number of amides is 4. The zero-order valence-electron chi connectivity index (χ0n) is 22.9. The van der Waals surface area contributed by atoms with Crippen molar-refractivity contribution in [3.05, 3.63) is 0 Å². The van der Waals surface area contributed by atoms with Crippen LogP contribution in [0, 0.1) is 5.92 Å². The van der Waals surface area contributed by atoms with Crippen LogP contribution in [-0.2, 0) is 28.8 Å². The number of hydrogen-bond acceptors (Lipinski definition) is 9. The Labute approximate surface area is 227 Å². The molecule has 0 fully saturated rings. The summed E-state index contributed by atoms with van der Waals surface area (Å²) in [5.41, 5.74) is 11.3. The first-order chi connectivity index (χ1) is 18.1. The Morgan fingerprint density at radius 3 is 1.82 bits per heavy atom. The summed E-state index contributed by atoms with van der Waals surface area (Å²) in [6.07, 6.45) is -0.598. The predicted octanol–water partition coefficient (Wildman–Crippen LogP) is -2.22. The smallest absolute Gasteiger partial charge is 0.326 e. The molecule has 0 aromatic carbocycles. The average molecular weight is 561 g/mol. The maximum atomic E-state index is 12.9. The van der Waals surface area contributed by atoms with Crippen LogP contribution < -0.4 is 32.7 Å². The Kier molecular flexibility index (Phi) is 16.5. The highest BCUT2D eigenvalue weighted by Gasteiger charge is 2.33. The van der Waals surface area contributed by atoms with Crippen LogP contribution in [0.5, 0.6) is 0 Å². The fraction of sp³-hybridized carbons (Fsp3) is 0.750. The number of hydrogen-bond donors (Lipinski definition) is 9. The van der Waals surface area contributed by atoms with E-state index in [4.69, 9.17) is 16.6 Å². The Bertz CT molecular complexity index is 852. The van der Waals surface area contributed by atoms with E-state index in [1.54, 1.807) is 13.8 Å². The number of carboxylic acids is 2. The first-order valence-electron chi connectivity index (χ1n) is 12.9. The number of aliphatic carboxylic acids is 2. The summed E-state index contributed by atoms with van der Waals surface area (Å²) in [5, 5.41) is 37.8. The predicted molar refractivity (Wildman–Crippen MR) is 140 cm³/mol. The lowest BCUT2D eigenvalue weighted by Gasteiger charge is -2.26. The Morgan fingerprint density at radius 2 is 1.33 bits per heavy atom. The van der Waals surface area contributed by atoms with Gasteiger partial charge in [-0.1, -0.05) is 20.3 Å². The Hall–Kier alpha value is -3.30. The molecule has 0 radical (unpaired) electrons. The maximum absolute atomic E-state index is 12.9. The van der Waals surface area contributed by atoms with Crippen LogP contribution in [0.4, 0.5) is 0 Å². The molecule has 0 spiro atoms. The molecule has 0 aliphatic heterocycles. The summed E-state index contributed by atoms with van der Waals surface area (Å²) < 4.78 is 0. The molecule has 0 saturated carbocycles. The largest absolute Gasteiger partial charge is 0.481 e. The van der Waals surface area contributed by atoms with Crippen molar-refractivity contribution in [2.45, 2.75) is 103 Å². The van der Waals surface area contributed by atoms with E-state index >= 15 is 0 Å². The van der Waals surface area contributed by atoms with Crippen LogP contribution >= 0.6 is 0 Å². The molecule has 15 heteroatoms. The van der Waals surface area contributed by atoms with Crippen LogP contribution in [0.3, 0.4) is 0 Å². The third-order valence-electron chi connectivity index (χ3n) is 5.72. The van der Waals surface area contributed by atoms with Crippen LogP contribution in [0.15, 0.2) is 0 Å². The monoisotopic (exact) mass is 560 g/mol. The van der Waals surface area contributed by atoms with Crippen LogP contribution in [0.1, 0.15) is 66.2 Å². The number of aliphatic hydroxyl groups excluding tert-OH is 1. The van der Waals surface area contributed by atoms with Crippen molar-refractivity contribution in [2.24, 2.45) is 17.4 Å². The van der Waals surface area contributed by atoms with Gasteiger partial charge in [0, 0.05) is 6.42 Å². The lowest BCUT2D eigenvalue weighted by molar-refractivity contribution is -0.143. The molecule has 0 bridgehead atoms. The zero-order chi connectivity index (χ0) is 30.3. The standard InChI is InChI=1S/C24H44N6O9/c1-12(2)11-17(24(38)39)29-20(34)13(3)27-23(37)19(14(4)31)30-22(36)16(8-9-18(32)33)28-21(35)15(26)7-5-6-10-25/h12-17,19,31H,5-11,25-26H2,1-4H3,(H,27,37)(H,28,35)(H,29,34)(H,30,36)(H,32,33)(H,38,39)/t13-,14+,15-,16-,17-,19-/m0/s1. The number of carbonyl (C=O) groups is 6. The molecule has 11 N–H and O–H groups in total. The summed E-state index contributed by atoms with van der Waals surface area (Å²) >= 11 is 0. The van der Waals surface area contributed by atoms with Gasteiger partial charge in [0.05, 0.1) is 12.1 Å². The van der Waals surface area contributed by atoms with Gasteiger partial charge in [-0.15, -0.1) is 0 Å². The number of rotatable bonds is 19. The molecule has 39 heavy (non-hydrogen) atoms. The Balaban J connectivity index is 5.42. The van der Waals surface area contributed by atoms with Crippen molar-refractivity contribution in [3.8, 4) is 0 Å². The lowest BCUT2D eigenvalue weighted by atomic mass is 10.0. The van der Waals surface area contributed by atoms with Crippen LogP contribution in [0.25, 0.3) is 0 Å². The van der Waals surface area contributed by atoms with E-state index in [0.29, 0.717) is 19.4 Å². The number of carbonyl (C=O) groups excluding carboxylic acids is 4. The highest BCUT2D eigenvalue weighted by molar-refractivity contribution is 5.95. The maximum Gasteiger partial charge on any atom is 0.326 e. The van der Waals surface area contributed by atoms with Crippen molar-refractivity contribution in [3.63, 3.8) is 0 Å². The minimum Gasteiger partial charge on any atom is -0.481 e. The van der Waals surface area contributed by atoms with Gasteiger partial charge >= 0.3 is 11.9 Å². The molecule has 0 rings (SSSR count). The fourth-order valence-electron chi connectivity index (χ4n) is 3.47. The molecular formula is C24H44N6O9. The van der Waals surface area contributed by atoms with E-state index in [0.717, 1.165) is 0 Å². The third kappa shape index (κ3) is 14.4. The molecule has 0 aliphatic carbocycles. The molecule has 0 unspecified atom stereocenters. The van der Waals surface area contributed by atoms with E-state index in [1.165, 1.54) is 13.8 Å². The van der Waals surface area contributed by atoms with Crippen molar-refractivity contribution < 1.29 is 44.1 Å². The fourth-order valence-corrected chi connectivity index (χ4v) is 3.47. The molecule has 0 aromatic rings. The lowest BCUT2D eigenvalue weighted by Crippen LogP contribution is -2.60. The quantitative estimate of drug-likeness (QED) is 0.0763. The number of nitrogens with one attached hydrogen (secondary N) is 4. The second kappa shape index (κ2) is 18.1. The van der Waals surface area contributed by atoms with E-state index < -0.39 is 78.3 Å². The van der Waals surface area contributed by atoms with Crippen molar-refractivity contribution >= 4 is 35.6 Å². The molecule has 0 saturated heterocycles. The zero-order valence-corrected chi connectivity index (χ0v) is 22.9. The minimum atomic E-state index is -1.58. The van der Waals surface area contributed by atoms with Crippen molar-refractivity contribution in [1.82, 2.24) is 21.3 Å². The first kappa shape index (κ1) is 35.7. The van der Waals surface area contributed by atoms with Gasteiger partial charge in [0.1, 0.15) is 24.2 Å². The van der Waals surface area contributed by atoms with Crippen LogP contribution in [-0.4, -0.2) is 93.7 Å². The molecule has 224 valence electrons. The van der Waals surface area contributed by atoms with E-state index in [-0.39, 0.29) is 25.2 Å². The van der Waals surface area contributed by atoms with Gasteiger partial charge in [0.2, 0.25) is 23.6 Å². The molecule has 15 nitrogen and oxygen atoms in total. The summed E-state index contributed by atoms with van der Waals surface area (Å²) in [5.74, 6) is -5.88. The SMILES string of the molecule is CC(C)C[C@H](NC(=O)[C@H](C)NC(=O)[C@@H](NC(=O)[C@H](CCC(=O)O)NC(=O)[C@@H](N)CCCCN)[C@@H](C)O)C(=O)O. The van der Waals surface area contributed by atoms with Gasteiger partial charge in [0.15, 0.2) is 0 Å². The second-order valence-electron chi connectivity index (χ2n) is 9.87. The highest BCUT2D eigenvalue weighted by Crippen LogP contribution is 2.07. The summed E-state index contributed by atoms with van der Waals surface area (Å²) in [6.45, 7) is 6.48. The number of carboxylic acid groups (broad SMARTS) is 2. The van der Waals surface area contributed by atoms with Gasteiger partial charge in [-0.3, -0.25) is 24.0 Å². The van der Waals surface area contributed by atoms with Gasteiger partial charge in [0.25, 0.3) is 0 Å². The normalized spacial score (nSPS) is 15.7. The van der Waals surface area contributed by atoms with Gasteiger partial charge < -0.3 is 48.1 Å². The van der Waals surface area contributed by atoms with E-state index in [1.807, 2.05) is 0 Å². The average Bonchev–Trinajstić information content (AvgIpc) is 2.83. The summed E-state index contributed by atoms with van der Waals surface area (Å²) in [4.78, 5) is 73.1. The summed E-state index contributed by atoms with van der Waals surface area (Å²) in [6, 6.07) is -6.34. The summed E-state index contributed by atoms with van der Waals surface area (Å²) in [7, 11) is 0. The third-order valence-corrected chi connectivity index (χ3v) is 5.72. The van der Waals surface area contributed by atoms with Crippen LogP contribution in [0.2, 0.25) is 0 Å². The molecule has 4 amide bonds. The van der Waals surface area contributed by atoms with E-state index in [9.17, 15) is 39.0 Å². The molecular weight excluding hydrogens is 516 g/mol. The van der Waals surface area contributed by atoms with Gasteiger partial charge in [-0.25, -0.2) is 4.79 Å². The van der Waals surface area contributed by atoms with E-state index in [2.05, 4.69) is 21.3 Å². The molecule has 6 atom stereocenters. The second-order valence-corrected chi connectivity index (χ2v) is 9.87. The topological polar surface area (TPSA) is 263 Å². The number of aliphatic hydroxyl groups is 1. The van der Waals surface area contributed by atoms with Gasteiger partial charge in [-0.2, -0.15) is 0 Å². The Morgan fingerprint density at radius 1 is 0.744 bits per heavy atom. The van der Waals surface area contributed by atoms with Crippen molar-refractivity contribution in [1.29, 1.82) is 0 Å². The highest BCUT2D eigenvalue weighted by atomic mass is 16.4. The minimum absolute atomic E-state index is 0.0267. The molecule has 0 aromatic heterocycles. The van der Waals surface area contributed by atoms with Gasteiger partial charge in [-0.05, 0) is 52.0 Å². The molecule has 0 aliphatic rings.